The first-order valence-electron chi connectivity index (χ1n) is 9.82. The molecule has 9 heteroatoms. The number of likely N-dealkylation sites (tertiary alicyclic amines) is 1. The van der Waals surface area contributed by atoms with Crippen molar-refractivity contribution in [2.75, 3.05) is 19.6 Å². The number of para-hydroxylation sites is 1. The van der Waals surface area contributed by atoms with E-state index in [2.05, 4.69) is 10.2 Å². The summed E-state index contributed by atoms with van der Waals surface area (Å²) in [5.74, 6) is 1.77. The van der Waals surface area contributed by atoms with E-state index in [9.17, 15) is 8.42 Å². The summed E-state index contributed by atoms with van der Waals surface area (Å²) in [6, 6.07) is 16.4. The van der Waals surface area contributed by atoms with Crippen LogP contribution in [0.25, 0.3) is 0 Å². The second kappa shape index (κ2) is 11.5. The lowest BCUT2D eigenvalue weighted by Gasteiger charge is -2.34. The van der Waals surface area contributed by atoms with Crippen LogP contribution < -0.4 is 15.2 Å². The number of guanidine groups is 1. The summed E-state index contributed by atoms with van der Waals surface area (Å²) in [5, 5.41) is 8.49. The van der Waals surface area contributed by atoms with Crippen LogP contribution in [0.1, 0.15) is 25.3 Å². The summed E-state index contributed by atoms with van der Waals surface area (Å²) in [6.07, 6.45) is 2.08. The number of piperidine rings is 1. The van der Waals surface area contributed by atoms with Crippen LogP contribution in [0.3, 0.4) is 0 Å². The van der Waals surface area contributed by atoms with Crippen LogP contribution in [0.15, 0.2) is 64.5 Å². The maximum absolute atomic E-state index is 11.4. The normalized spacial score (nSPS) is 15.4. The summed E-state index contributed by atoms with van der Waals surface area (Å²) >= 11 is 0. The largest absolute Gasteiger partial charge is 0.490 e. The van der Waals surface area contributed by atoms with Crippen molar-refractivity contribution in [3.8, 4) is 5.75 Å². The van der Waals surface area contributed by atoms with Gasteiger partial charge in [0.25, 0.3) is 0 Å². The molecule has 0 spiro atoms. The minimum absolute atomic E-state index is 0. The van der Waals surface area contributed by atoms with Gasteiger partial charge in [0, 0.05) is 32.5 Å². The van der Waals surface area contributed by atoms with E-state index in [4.69, 9.17) is 14.9 Å². The Morgan fingerprint density at radius 3 is 2.33 bits per heavy atom. The highest BCUT2D eigenvalue weighted by Gasteiger charge is 2.22. The van der Waals surface area contributed by atoms with Gasteiger partial charge < -0.3 is 15.0 Å². The van der Waals surface area contributed by atoms with Crippen molar-refractivity contribution in [3.63, 3.8) is 0 Å². The van der Waals surface area contributed by atoms with E-state index in [0.29, 0.717) is 6.54 Å². The number of nitrogens with zero attached hydrogens (tertiary/aromatic N) is 2. The quantitative estimate of drug-likeness (QED) is 0.331. The SMILES string of the molecule is CCNC(=NCc1ccc(S(N)(=O)=O)cc1)N1CCC(Oc2ccccc2)CC1.I. The molecule has 0 bridgehead atoms. The van der Waals surface area contributed by atoms with Gasteiger partial charge in [0.15, 0.2) is 5.96 Å². The van der Waals surface area contributed by atoms with Crippen molar-refractivity contribution >= 4 is 40.0 Å². The highest BCUT2D eigenvalue weighted by atomic mass is 127. The Balaban J connectivity index is 0.00000320. The van der Waals surface area contributed by atoms with Crippen LogP contribution >= 0.6 is 24.0 Å². The minimum Gasteiger partial charge on any atom is -0.490 e. The van der Waals surface area contributed by atoms with Gasteiger partial charge in [0.2, 0.25) is 10.0 Å². The maximum Gasteiger partial charge on any atom is 0.238 e. The number of nitrogens with two attached hydrogens (primary N) is 1. The van der Waals surface area contributed by atoms with E-state index in [1.54, 1.807) is 12.1 Å². The number of ether oxygens (including phenoxy) is 1. The molecule has 1 fully saturated rings. The lowest BCUT2D eigenvalue weighted by Crippen LogP contribution is -2.47. The number of hydrogen-bond acceptors (Lipinski definition) is 4. The predicted octanol–water partition coefficient (Wildman–Crippen LogP) is 2.96. The van der Waals surface area contributed by atoms with Crippen molar-refractivity contribution in [2.45, 2.75) is 37.3 Å². The van der Waals surface area contributed by atoms with E-state index in [-0.39, 0.29) is 35.0 Å². The van der Waals surface area contributed by atoms with Crippen LogP contribution in [-0.2, 0) is 16.6 Å². The fourth-order valence-corrected chi connectivity index (χ4v) is 3.77. The van der Waals surface area contributed by atoms with Gasteiger partial charge in [0.1, 0.15) is 11.9 Å². The molecule has 0 atom stereocenters. The highest BCUT2D eigenvalue weighted by Crippen LogP contribution is 2.19. The Morgan fingerprint density at radius 2 is 1.77 bits per heavy atom. The first kappa shape index (κ1) is 24.4. The summed E-state index contributed by atoms with van der Waals surface area (Å²) in [6.45, 7) is 5.03. The molecule has 1 saturated heterocycles. The third-order valence-corrected chi connectivity index (χ3v) is 5.71. The molecule has 1 aliphatic rings. The smallest absolute Gasteiger partial charge is 0.238 e. The van der Waals surface area contributed by atoms with Gasteiger partial charge in [-0.3, -0.25) is 0 Å². The van der Waals surface area contributed by atoms with E-state index in [1.807, 2.05) is 37.3 Å². The fraction of sp³-hybridized carbons (Fsp3) is 0.381. The summed E-state index contributed by atoms with van der Waals surface area (Å²) in [4.78, 5) is 7.07. The standard InChI is InChI=1S/C21H28N4O3S.HI/c1-2-23-21(24-16-17-8-10-20(11-9-17)29(22,26)27)25-14-12-19(13-15-25)28-18-6-4-3-5-7-18;/h3-11,19H,2,12-16H2,1H3,(H,23,24)(H2,22,26,27);1H. The molecule has 2 aromatic rings. The van der Waals surface area contributed by atoms with E-state index in [0.717, 1.165) is 49.7 Å². The lowest BCUT2D eigenvalue weighted by atomic mass is 10.1. The van der Waals surface area contributed by atoms with Crippen molar-refractivity contribution in [3.05, 3.63) is 60.2 Å². The molecular weight excluding hydrogens is 515 g/mol. The first-order chi connectivity index (χ1) is 14.0. The molecule has 0 unspecified atom stereocenters. The average molecular weight is 544 g/mol. The molecule has 0 saturated carbocycles. The molecule has 1 aliphatic heterocycles. The number of hydrogen-bond donors (Lipinski definition) is 2. The van der Waals surface area contributed by atoms with E-state index >= 15 is 0 Å². The van der Waals surface area contributed by atoms with E-state index < -0.39 is 10.0 Å². The Kier molecular flexibility index (Phi) is 9.37. The first-order valence-corrected chi connectivity index (χ1v) is 11.4. The van der Waals surface area contributed by atoms with Crippen molar-refractivity contribution in [1.29, 1.82) is 0 Å². The molecule has 0 aliphatic carbocycles. The van der Waals surface area contributed by atoms with Gasteiger partial charge in [0.05, 0.1) is 11.4 Å². The zero-order chi connectivity index (χ0) is 20.7. The molecule has 30 heavy (non-hydrogen) atoms. The number of halogens is 1. The van der Waals surface area contributed by atoms with Crippen molar-refractivity contribution < 1.29 is 13.2 Å². The zero-order valence-electron chi connectivity index (χ0n) is 17.0. The van der Waals surface area contributed by atoms with Gasteiger partial charge >= 0.3 is 0 Å². The van der Waals surface area contributed by atoms with Gasteiger partial charge in [-0.1, -0.05) is 30.3 Å². The number of nitrogens with one attached hydrogen (secondary N) is 1. The second-order valence-corrected chi connectivity index (χ2v) is 8.54. The van der Waals surface area contributed by atoms with Crippen molar-refractivity contribution in [2.24, 2.45) is 10.1 Å². The molecular formula is C21H29IN4O3S. The van der Waals surface area contributed by atoms with Gasteiger partial charge in [-0.15, -0.1) is 24.0 Å². The molecule has 7 nitrogen and oxygen atoms in total. The molecule has 0 aromatic heterocycles. The number of sulfonamides is 1. The Hall–Kier alpha value is -1.85. The molecule has 3 N–H and O–H groups in total. The third kappa shape index (κ3) is 7.13. The zero-order valence-corrected chi connectivity index (χ0v) is 20.2. The van der Waals surface area contributed by atoms with E-state index in [1.165, 1.54) is 12.1 Å². The number of aliphatic imine (C=N–C) groups is 1. The summed E-state index contributed by atoms with van der Waals surface area (Å²) in [5.41, 5.74) is 0.926. The van der Waals surface area contributed by atoms with Gasteiger partial charge in [-0.2, -0.15) is 0 Å². The van der Waals surface area contributed by atoms with Crippen LogP contribution in [-0.4, -0.2) is 45.0 Å². The Bertz CT molecular complexity index is 913. The monoisotopic (exact) mass is 544 g/mol. The molecule has 0 amide bonds. The van der Waals surface area contributed by atoms with Crippen LogP contribution in [0.2, 0.25) is 0 Å². The van der Waals surface area contributed by atoms with Gasteiger partial charge in [-0.25, -0.2) is 18.5 Å². The molecule has 1 heterocycles. The maximum atomic E-state index is 11.4. The summed E-state index contributed by atoms with van der Waals surface area (Å²) in [7, 11) is -3.67. The Labute approximate surface area is 195 Å². The molecule has 0 radical (unpaired) electrons. The number of primary sulfonamides is 1. The Morgan fingerprint density at radius 1 is 1.13 bits per heavy atom. The molecule has 164 valence electrons. The number of rotatable bonds is 6. The fourth-order valence-electron chi connectivity index (χ4n) is 3.25. The van der Waals surface area contributed by atoms with Crippen LogP contribution in [0.5, 0.6) is 5.75 Å². The van der Waals surface area contributed by atoms with Crippen molar-refractivity contribution in [1.82, 2.24) is 10.2 Å². The topological polar surface area (TPSA) is 97.0 Å². The minimum atomic E-state index is -3.67. The van der Waals surface area contributed by atoms with Crippen LogP contribution in [0.4, 0.5) is 0 Å². The third-order valence-electron chi connectivity index (χ3n) is 4.79. The number of benzene rings is 2. The molecule has 2 aromatic carbocycles. The molecule has 3 rings (SSSR count). The lowest BCUT2D eigenvalue weighted by molar-refractivity contribution is 0.129. The average Bonchev–Trinajstić information content (AvgIpc) is 2.72. The second-order valence-electron chi connectivity index (χ2n) is 6.98. The van der Waals surface area contributed by atoms with Crippen LogP contribution in [0, 0.1) is 0 Å². The van der Waals surface area contributed by atoms with Gasteiger partial charge in [-0.05, 0) is 36.8 Å². The summed E-state index contributed by atoms with van der Waals surface area (Å²) < 4.78 is 28.8. The predicted molar refractivity (Wildman–Crippen MR) is 130 cm³/mol. The highest BCUT2D eigenvalue weighted by molar-refractivity contribution is 14.0.